The van der Waals surface area contributed by atoms with Crippen LogP contribution >= 0.6 is 0 Å². The van der Waals surface area contributed by atoms with E-state index in [4.69, 9.17) is 4.84 Å². The predicted molar refractivity (Wildman–Crippen MR) is 117 cm³/mol. The second-order valence-electron chi connectivity index (χ2n) is 7.28. The van der Waals surface area contributed by atoms with Gasteiger partial charge in [0.1, 0.15) is 5.71 Å². The van der Waals surface area contributed by atoms with Crippen molar-refractivity contribution in [2.75, 3.05) is 11.9 Å². The van der Waals surface area contributed by atoms with Gasteiger partial charge in [-0.15, -0.1) is 0 Å². The number of anilines is 1. The third kappa shape index (κ3) is 3.92. The Kier molecular flexibility index (Phi) is 5.43. The molecule has 1 N–H and O–H groups in total. The summed E-state index contributed by atoms with van der Waals surface area (Å²) in [5.74, 6) is 0.279. The molecule has 1 atom stereocenters. The third-order valence-electron chi connectivity index (χ3n) is 5.38. The zero-order chi connectivity index (χ0) is 20.2. The molecule has 3 aromatic carbocycles. The summed E-state index contributed by atoms with van der Waals surface area (Å²) in [5, 5.41) is 7.15. The maximum absolute atomic E-state index is 12.2. The van der Waals surface area contributed by atoms with Gasteiger partial charge in [0.15, 0.2) is 6.61 Å². The Balaban J connectivity index is 1.42. The van der Waals surface area contributed by atoms with Crippen LogP contribution in [0.2, 0.25) is 0 Å². The summed E-state index contributed by atoms with van der Waals surface area (Å²) in [7, 11) is 0. The molecule has 1 amide bonds. The fourth-order valence-corrected chi connectivity index (χ4v) is 3.58. The van der Waals surface area contributed by atoms with Crippen molar-refractivity contribution in [3.63, 3.8) is 0 Å². The summed E-state index contributed by atoms with van der Waals surface area (Å²) >= 11 is 0. The standard InChI is InChI=1S/C25H24N2O2/c1-3-17(2)18-12-14-19(15-13-18)26-24(28)16-29-27-25-22-10-6-4-8-20(22)21-9-5-7-11-23(21)25/h4-15,17H,3,16H2,1-2H3,(H,26,28)/t17-/m0/s1. The van der Waals surface area contributed by atoms with Gasteiger partial charge in [-0.1, -0.05) is 79.7 Å². The second-order valence-corrected chi connectivity index (χ2v) is 7.28. The first-order chi connectivity index (χ1) is 14.2. The number of amides is 1. The number of rotatable bonds is 6. The number of carbonyl (C=O) groups excluding carboxylic acids is 1. The molecule has 29 heavy (non-hydrogen) atoms. The van der Waals surface area contributed by atoms with Crippen molar-refractivity contribution in [3.8, 4) is 11.1 Å². The fraction of sp³-hybridized carbons (Fsp3) is 0.200. The van der Waals surface area contributed by atoms with Crippen LogP contribution in [0.25, 0.3) is 11.1 Å². The Morgan fingerprint density at radius 1 is 0.897 bits per heavy atom. The molecular formula is C25H24N2O2. The van der Waals surface area contributed by atoms with Gasteiger partial charge >= 0.3 is 0 Å². The number of nitrogens with one attached hydrogen (secondary N) is 1. The lowest BCUT2D eigenvalue weighted by molar-refractivity contribution is -0.120. The molecule has 0 fully saturated rings. The summed E-state index contributed by atoms with van der Waals surface area (Å²) in [6.45, 7) is 4.22. The molecule has 0 aromatic heterocycles. The minimum Gasteiger partial charge on any atom is -0.385 e. The van der Waals surface area contributed by atoms with Gasteiger partial charge in [-0.25, -0.2) is 0 Å². The molecule has 4 nitrogen and oxygen atoms in total. The van der Waals surface area contributed by atoms with Crippen molar-refractivity contribution in [1.82, 2.24) is 0 Å². The summed E-state index contributed by atoms with van der Waals surface area (Å²) < 4.78 is 0. The van der Waals surface area contributed by atoms with E-state index in [0.717, 1.165) is 40.1 Å². The van der Waals surface area contributed by atoms with Crippen LogP contribution in [-0.4, -0.2) is 18.2 Å². The summed E-state index contributed by atoms with van der Waals surface area (Å²) in [4.78, 5) is 17.7. The van der Waals surface area contributed by atoms with E-state index in [1.807, 2.05) is 48.5 Å². The van der Waals surface area contributed by atoms with Gasteiger partial charge in [0.2, 0.25) is 0 Å². The predicted octanol–water partition coefficient (Wildman–Crippen LogP) is 5.59. The van der Waals surface area contributed by atoms with E-state index in [1.165, 1.54) is 5.56 Å². The molecule has 1 aliphatic rings. The van der Waals surface area contributed by atoms with Crippen LogP contribution in [-0.2, 0) is 9.63 Å². The molecule has 3 aromatic rings. The zero-order valence-corrected chi connectivity index (χ0v) is 16.7. The van der Waals surface area contributed by atoms with Crippen molar-refractivity contribution in [2.24, 2.45) is 5.16 Å². The Labute approximate surface area is 171 Å². The molecule has 0 saturated carbocycles. The van der Waals surface area contributed by atoms with Gasteiger partial charge in [0.25, 0.3) is 5.91 Å². The van der Waals surface area contributed by atoms with Gasteiger partial charge in [0, 0.05) is 16.8 Å². The number of benzene rings is 3. The minimum absolute atomic E-state index is 0.138. The number of hydrogen-bond donors (Lipinski definition) is 1. The first-order valence-corrected chi connectivity index (χ1v) is 9.96. The van der Waals surface area contributed by atoms with Crippen molar-refractivity contribution in [3.05, 3.63) is 89.5 Å². The highest BCUT2D eigenvalue weighted by atomic mass is 16.6. The first-order valence-electron chi connectivity index (χ1n) is 9.96. The molecular weight excluding hydrogens is 360 g/mol. The molecule has 0 saturated heterocycles. The largest absolute Gasteiger partial charge is 0.385 e. The average Bonchev–Trinajstić information content (AvgIpc) is 3.08. The molecule has 0 unspecified atom stereocenters. The lowest BCUT2D eigenvalue weighted by Gasteiger charge is -2.10. The SMILES string of the molecule is CC[C@H](C)c1ccc(NC(=O)CON=C2c3ccccc3-c3ccccc32)cc1. The van der Waals surface area contributed by atoms with Gasteiger partial charge < -0.3 is 10.2 Å². The molecule has 1 aliphatic carbocycles. The number of oxime groups is 1. The topological polar surface area (TPSA) is 50.7 Å². The van der Waals surface area contributed by atoms with Crippen molar-refractivity contribution < 1.29 is 9.63 Å². The van der Waals surface area contributed by atoms with E-state index < -0.39 is 0 Å². The summed E-state index contributed by atoms with van der Waals surface area (Å²) in [5.41, 5.74) is 7.11. The van der Waals surface area contributed by atoms with Crippen molar-refractivity contribution in [1.29, 1.82) is 0 Å². The third-order valence-corrected chi connectivity index (χ3v) is 5.38. The molecule has 0 heterocycles. The molecule has 0 bridgehead atoms. The van der Waals surface area contributed by atoms with E-state index in [-0.39, 0.29) is 12.5 Å². The van der Waals surface area contributed by atoms with Gasteiger partial charge in [-0.3, -0.25) is 4.79 Å². The second kappa shape index (κ2) is 8.31. The van der Waals surface area contributed by atoms with Crippen molar-refractivity contribution in [2.45, 2.75) is 26.2 Å². The lowest BCUT2D eigenvalue weighted by atomic mass is 9.99. The van der Waals surface area contributed by atoms with Crippen LogP contribution in [0, 0.1) is 0 Å². The highest BCUT2D eigenvalue weighted by molar-refractivity contribution is 6.24. The van der Waals surface area contributed by atoms with Crippen LogP contribution in [0.4, 0.5) is 5.69 Å². The Bertz CT molecular complexity index is 1010. The normalized spacial score (nSPS) is 12.7. The highest BCUT2D eigenvalue weighted by Gasteiger charge is 2.24. The maximum Gasteiger partial charge on any atom is 0.265 e. The highest BCUT2D eigenvalue weighted by Crippen LogP contribution is 2.36. The Morgan fingerprint density at radius 3 is 2.00 bits per heavy atom. The van der Waals surface area contributed by atoms with Gasteiger partial charge in [0.05, 0.1) is 0 Å². The van der Waals surface area contributed by atoms with Crippen molar-refractivity contribution >= 4 is 17.3 Å². The number of nitrogens with zero attached hydrogens (tertiary/aromatic N) is 1. The molecule has 4 heteroatoms. The molecule has 0 aliphatic heterocycles. The molecule has 0 spiro atoms. The van der Waals surface area contributed by atoms with Crippen LogP contribution in [0.3, 0.4) is 0 Å². The molecule has 146 valence electrons. The van der Waals surface area contributed by atoms with E-state index in [1.54, 1.807) is 0 Å². The Hall–Kier alpha value is -3.40. The molecule has 0 radical (unpaired) electrons. The van der Waals surface area contributed by atoms with E-state index in [9.17, 15) is 4.79 Å². The first kappa shape index (κ1) is 18.9. The molecule has 4 rings (SSSR count). The summed E-state index contributed by atoms with van der Waals surface area (Å²) in [6, 6.07) is 24.1. The van der Waals surface area contributed by atoms with Crippen LogP contribution in [0.5, 0.6) is 0 Å². The van der Waals surface area contributed by atoms with Gasteiger partial charge in [-0.05, 0) is 41.2 Å². The minimum atomic E-state index is -0.231. The van der Waals surface area contributed by atoms with Crippen LogP contribution < -0.4 is 5.32 Å². The average molecular weight is 384 g/mol. The number of carbonyl (C=O) groups is 1. The van der Waals surface area contributed by atoms with Crippen LogP contribution in [0.15, 0.2) is 78.0 Å². The quantitative estimate of drug-likeness (QED) is 0.441. The zero-order valence-electron chi connectivity index (χ0n) is 16.7. The van der Waals surface area contributed by atoms with Gasteiger partial charge in [-0.2, -0.15) is 0 Å². The Morgan fingerprint density at radius 2 is 1.45 bits per heavy atom. The number of hydrogen-bond acceptors (Lipinski definition) is 3. The van der Waals surface area contributed by atoms with E-state index in [2.05, 4.69) is 48.6 Å². The monoisotopic (exact) mass is 384 g/mol. The van der Waals surface area contributed by atoms with E-state index >= 15 is 0 Å². The lowest BCUT2D eigenvalue weighted by Crippen LogP contribution is -2.17. The smallest absolute Gasteiger partial charge is 0.265 e. The maximum atomic E-state index is 12.2. The fourth-order valence-electron chi connectivity index (χ4n) is 3.58. The number of fused-ring (bicyclic) bond motifs is 3. The summed E-state index contributed by atoms with van der Waals surface area (Å²) in [6.07, 6.45) is 1.09. The van der Waals surface area contributed by atoms with E-state index in [0.29, 0.717) is 5.92 Å². The van der Waals surface area contributed by atoms with Crippen LogP contribution in [0.1, 0.15) is 42.9 Å².